The summed E-state index contributed by atoms with van der Waals surface area (Å²) < 4.78 is 1.77. The fraction of sp³-hybridized carbons (Fsp3) is 0. The van der Waals surface area contributed by atoms with Crippen molar-refractivity contribution in [3.05, 3.63) is 43.0 Å². The SMILES string of the molecule is Nc1cccnc1Sc1nccn2nccc12. The summed E-state index contributed by atoms with van der Waals surface area (Å²) in [6.07, 6.45) is 6.97. The minimum atomic E-state index is 0.654. The fourth-order valence-electron chi connectivity index (χ4n) is 1.49. The molecule has 0 atom stereocenters. The number of nitrogens with zero attached hydrogens (tertiary/aromatic N) is 4. The smallest absolute Gasteiger partial charge is 0.128 e. The first-order valence-electron chi connectivity index (χ1n) is 5.01. The van der Waals surface area contributed by atoms with Gasteiger partial charge in [0.25, 0.3) is 0 Å². The molecule has 3 aromatic rings. The number of aromatic nitrogens is 4. The van der Waals surface area contributed by atoms with E-state index in [1.807, 2.05) is 18.2 Å². The number of hydrogen-bond acceptors (Lipinski definition) is 5. The zero-order valence-corrected chi connectivity index (χ0v) is 9.63. The largest absolute Gasteiger partial charge is 0.397 e. The Hall–Kier alpha value is -2.08. The number of pyridine rings is 1. The van der Waals surface area contributed by atoms with Crippen LogP contribution in [0.15, 0.2) is 53.0 Å². The molecule has 0 aliphatic rings. The second-order valence-corrected chi connectivity index (χ2v) is 4.37. The molecule has 3 heterocycles. The summed E-state index contributed by atoms with van der Waals surface area (Å²) in [5.41, 5.74) is 7.45. The minimum absolute atomic E-state index is 0.654. The molecule has 0 radical (unpaired) electrons. The number of nitrogen functional groups attached to an aromatic ring is 1. The molecule has 0 spiro atoms. The number of fused-ring (bicyclic) bond motifs is 1. The molecule has 0 aromatic carbocycles. The highest BCUT2D eigenvalue weighted by Gasteiger charge is 2.08. The van der Waals surface area contributed by atoms with Crippen LogP contribution in [-0.4, -0.2) is 19.6 Å². The first-order valence-corrected chi connectivity index (χ1v) is 5.83. The van der Waals surface area contributed by atoms with E-state index in [0.717, 1.165) is 15.6 Å². The quantitative estimate of drug-likeness (QED) is 0.744. The van der Waals surface area contributed by atoms with Crippen molar-refractivity contribution in [3.8, 4) is 0 Å². The van der Waals surface area contributed by atoms with Crippen LogP contribution >= 0.6 is 11.8 Å². The summed E-state index contributed by atoms with van der Waals surface area (Å²) in [7, 11) is 0. The highest BCUT2D eigenvalue weighted by Crippen LogP contribution is 2.30. The molecule has 3 rings (SSSR count). The summed E-state index contributed by atoms with van der Waals surface area (Å²) in [5.74, 6) is 0. The molecule has 0 aliphatic carbocycles. The van der Waals surface area contributed by atoms with Gasteiger partial charge >= 0.3 is 0 Å². The van der Waals surface area contributed by atoms with E-state index in [0.29, 0.717) is 5.69 Å². The molecule has 84 valence electrons. The van der Waals surface area contributed by atoms with Crippen LogP contribution in [0.3, 0.4) is 0 Å². The lowest BCUT2D eigenvalue weighted by Crippen LogP contribution is -1.93. The summed E-state index contributed by atoms with van der Waals surface area (Å²) in [4.78, 5) is 8.56. The number of hydrogen-bond donors (Lipinski definition) is 1. The third-order valence-corrected chi connectivity index (χ3v) is 3.33. The Morgan fingerprint density at radius 1 is 1.06 bits per heavy atom. The van der Waals surface area contributed by atoms with Crippen molar-refractivity contribution in [1.29, 1.82) is 0 Å². The molecule has 0 saturated carbocycles. The molecule has 5 nitrogen and oxygen atoms in total. The molecule has 0 amide bonds. The van der Waals surface area contributed by atoms with Gasteiger partial charge in [0.1, 0.15) is 10.1 Å². The van der Waals surface area contributed by atoms with Crippen molar-refractivity contribution in [2.24, 2.45) is 0 Å². The van der Waals surface area contributed by atoms with Gasteiger partial charge in [-0.25, -0.2) is 14.5 Å². The van der Waals surface area contributed by atoms with Gasteiger partial charge in [-0.3, -0.25) is 0 Å². The van der Waals surface area contributed by atoms with Crippen LogP contribution in [-0.2, 0) is 0 Å². The lowest BCUT2D eigenvalue weighted by atomic mass is 10.4. The maximum absolute atomic E-state index is 5.85. The van der Waals surface area contributed by atoms with E-state index in [-0.39, 0.29) is 0 Å². The zero-order chi connectivity index (χ0) is 11.7. The normalized spacial score (nSPS) is 10.8. The highest BCUT2D eigenvalue weighted by atomic mass is 32.2. The van der Waals surface area contributed by atoms with Crippen LogP contribution in [0.1, 0.15) is 0 Å². The van der Waals surface area contributed by atoms with Crippen LogP contribution in [0.2, 0.25) is 0 Å². The van der Waals surface area contributed by atoms with Crippen LogP contribution in [0.4, 0.5) is 5.69 Å². The van der Waals surface area contributed by atoms with E-state index < -0.39 is 0 Å². The van der Waals surface area contributed by atoms with Crippen molar-refractivity contribution >= 4 is 23.0 Å². The molecule has 6 heteroatoms. The van der Waals surface area contributed by atoms with Gasteiger partial charge in [-0.15, -0.1) is 0 Å². The molecule has 17 heavy (non-hydrogen) atoms. The molecule has 2 N–H and O–H groups in total. The summed E-state index contributed by atoms with van der Waals surface area (Å²) in [6, 6.07) is 5.55. The topological polar surface area (TPSA) is 69.1 Å². The maximum atomic E-state index is 5.85. The molecular formula is C11H9N5S. The Kier molecular flexibility index (Phi) is 2.41. The van der Waals surface area contributed by atoms with Gasteiger partial charge in [0.05, 0.1) is 17.4 Å². The van der Waals surface area contributed by atoms with E-state index in [1.54, 1.807) is 29.3 Å². The van der Waals surface area contributed by atoms with Crippen LogP contribution in [0, 0.1) is 0 Å². The zero-order valence-electron chi connectivity index (χ0n) is 8.82. The van der Waals surface area contributed by atoms with Gasteiger partial charge in [-0.1, -0.05) is 0 Å². The fourth-order valence-corrected chi connectivity index (χ4v) is 2.35. The van der Waals surface area contributed by atoms with E-state index in [1.165, 1.54) is 11.8 Å². The Morgan fingerprint density at radius 2 is 1.94 bits per heavy atom. The molecule has 0 fully saturated rings. The van der Waals surface area contributed by atoms with Crippen molar-refractivity contribution in [2.75, 3.05) is 5.73 Å². The molecule has 3 aromatic heterocycles. The first-order chi connectivity index (χ1) is 8.34. The minimum Gasteiger partial charge on any atom is -0.397 e. The predicted octanol–water partition coefficient (Wildman–Crippen LogP) is 1.86. The summed E-state index contributed by atoms with van der Waals surface area (Å²) >= 11 is 1.44. The lowest BCUT2D eigenvalue weighted by Gasteiger charge is -2.04. The van der Waals surface area contributed by atoms with Gasteiger partial charge < -0.3 is 5.73 Å². The van der Waals surface area contributed by atoms with E-state index in [4.69, 9.17) is 5.73 Å². The average Bonchev–Trinajstić information content (AvgIpc) is 2.81. The Labute approximate surface area is 102 Å². The average molecular weight is 243 g/mol. The molecule has 0 unspecified atom stereocenters. The van der Waals surface area contributed by atoms with Gasteiger partial charge in [-0.2, -0.15) is 5.10 Å². The number of rotatable bonds is 2. The van der Waals surface area contributed by atoms with Gasteiger partial charge in [-0.05, 0) is 30.0 Å². The molecule has 0 aliphatic heterocycles. The van der Waals surface area contributed by atoms with E-state index in [9.17, 15) is 0 Å². The standard InChI is InChI=1S/C11H9N5S/c12-8-2-1-4-13-10(8)17-11-9-3-5-15-16(9)7-6-14-11/h1-7H,12H2. The van der Waals surface area contributed by atoms with E-state index >= 15 is 0 Å². The van der Waals surface area contributed by atoms with Crippen LogP contribution < -0.4 is 5.73 Å². The number of nitrogens with two attached hydrogens (primary N) is 1. The maximum Gasteiger partial charge on any atom is 0.128 e. The van der Waals surface area contributed by atoms with Gasteiger partial charge in [0.2, 0.25) is 0 Å². The number of anilines is 1. The first kappa shape index (κ1) is 10.1. The van der Waals surface area contributed by atoms with Gasteiger partial charge in [0.15, 0.2) is 0 Å². The second kappa shape index (κ2) is 4.06. The van der Waals surface area contributed by atoms with Crippen LogP contribution in [0.25, 0.3) is 5.52 Å². The summed E-state index contributed by atoms with van der Waals surface area (Å²) in [6.45, 7) is 0. The highest BCUT2D eigenvalue weighted by molar-refractivity contribution is 7.99. The van der Waals surface area contributed by atoms with Crippen molar-refractivity contribution in [3.63, 3.8) is 0 Å². The lowest BCUT2D eigenvalue weighted by molar-refractivity contribution is 0.916. The Bertz CT molecular complexity index is 664. The Morgan fingerprint density at radius 3 is 2.82 bits per heavy atom. The summed E-state index contributed by atoms with van der Waals surface area (Å²) in [5, 5.41) is 5.76. The van der Waals surface area contributed by atoms with Crippen molar-refractivity contribution < 1.29 is 0 Å². The second-order valence-electron chi connectivity index (χ2n) is 3.39. The van der Waals surface area contributed by atoms with Crippen molar-refractivity contribution in [2.45, 2.75) is 10.1 Å². The molecule has 0 saturated heterocycles. The van der Waals surface area contributed by atoms with Gasteiger partial charge in [0, 0.05) is 18.6 Å². The van der Waals surface area contributed by atoms with Crippen molar-refractivity contribution in [1.82, 2.24) is 19.6 Å². The third-order valence-electron chi connectivity index (χ3n) is 2.28. The monoisotopic (exact) mass is 243 g/mol. The van der Waals surface area contributed by atoms with E-state index in [2.05, 4.69) is 15.1 Å². The third kappa shape index (κ3) is 1.83. The Balaban J connectivity index is 2.06. The molecular weight excluding hydrogens is 234 g/mol. The predicted molar refractivity (Wildman–Crippen MR) is 65.8 cm³/mol. The molecule has 0 bridgehead atoms. The van der Waals surface area contributed by atoms with Crippen LogP contribution in [0.5, 0.6) is 0 Å².